The Hall–Kier alpha value is -1.87. The van der Waals surface area contributed by atoms with E-state index in [1.165, 1.54) is 11.5 Å². The Bertz CT molecular complexity index is 534. The van der Waals surface area contributed by atoms with Crippen LogP contribution in [0, 0.1) is 18.3 Å². The first-order valence-electron chi connectivity index (χ1n) is 4.79. The van der Waals surface area contributed by atoms with Gasteiger partial charge in [0.2, 0.25) is 0 Å². The van der Waals surface area contributed by atoms with E-state index in [9.17, 15) is 0 Å². The Balaban J connectivity index is 2.11. The van der Waals surface area contributed by atoms with E-state index in [1.54, 1.807) is 10.9 Å². The first kappa shape index (κ1) is 10.6. The zero-order chi connectivity index (χ0) is 11.5. The summed E-state index contributed by atoms with van der Waals surface area (Å²) in [6.07, 6.45) is 1.75. The number of hydrogen-bond acceptors (Lipinski definition) is 5. The van der Waals surface area contributed by atoms with Crippen LogP contribution in [0.1, 0.15) is 17.0 Å². The van der Waals surface area contributed by atoms with Gasteiger partial charge in [0.05, 0.1) is 17.9 Å². The predicted octanol–water partition coefficient (Wildman–Crippen LogP) is 1.67. The van der Waals surface area contributed by atoms with E-state index < -0.39 is 0 Å². The van der Waals surface area contributed by atoms with Crippen LogP contribution < -0.4 is 5.32 Å². The zero-order valence-electron chi connectivity index (χ0n) is 9.06. The topological polar surface area (TPSA) is 66.5 Å². The lowest BCUT2D eigenvalue weighted by atomic mass is 10.3. The molecular weight excluding hydrogens is 222 g/mol. The molecule has 1 N–H and O–H groups in total. The average molecular weight is 233 g/mol. The molecule has 0 aliphatic heterocycles. The molecule has 5 nitrogen and oxygen atoms in total. The van der Waals surface area contributed by atoms with Crippen LogP contribution in [0.3, 0.4) is 0 Å². The number of anilines is 1. The van der Waals surface area contributed by atoms with Crippen LogP contribution in [-0.2, 0) is 13.6 Å². The van der Waals surface area contributed by atoms with Crippen molar-refractivity contribution in [1.82, 2.24) is 14.2 Å². The van der Waals surface area contributed by atoms with E-state index in [0.29, 0.717) is 12.1 Å². The van der Waals surface area contributed by atoms with E-state index in [-0.39, 0.29) is 0 Å². The molecule has 0 atom stereocenters. The van der Waals surface area contributed by atoms with Gasteiger partial charge in [-0.05, 0) is 24.5 Å². The minimum atomic E-state index is 0.632. The maximum atomic E-state index is 8.96. The number of rotatable bonds is 3. The van der Waals surface area contributed by atoms with Gasteiger partial charge in [0.15, 0.2) is 0 Å². The molecule has 0 unspecified atom stereocenters. The highest BCUT2D eigenvalue weighted by molar-refractivity contribution is 7.10. The lowest BCUT2D eigenvalue weighted by Crippen LogP contribution is -2.05. The van der Waals surface area contributed by atoms with Gasteiger partial charge in [-0.25, -0.2) is 0 Å². The number of aromatic nitrogens is 3. The van der Waals surface area contributed by atoms with E-state index in [1.807, 2.05) is 20.0 Å². The Labute approximate surface area is 97.5 Å². The van der Waals surface area contributed by atoms with Gasteiger partial charge in [0.25, 0.3) is 0 Å². The fraction of sp³-hybridized carbons (Fsp3) is 0.300. The summed E-state index contributed by atoms with van der Waals surface area (Å²) in [6.45, 7) is 2.48. The first-order chi connectivity index (χ1) is 7.72. The highest BCUT2D eigenvalue weighted by atomic mass is 32.1. The number of nitrogens with one attached hydrogen (secondary N) is 1. The fourth-order valence-electron chi connectivity index (χ4n) is 1.37. The SMILES string of the molecule is Cc1nsc(NCc2ccnn2C)c1C#N. The van der Waals surface area contributed by atoms with E-state index in [4.69, 9.17) is 5.26 Å². The second-order valence-corrected chi connectivity index (χ2v) is 4.16. The van der Waals surface area contributed by atoms with E-state index >= 15 is 0 Å². The molecule has 2 rings (SSSR count). The molecule has 0 fully saturated rings. The summed E-state index contributed by atoms with van der Waals surface area (Å²) >= 11 is 1.32. The summed E-state index contributed by atoms with van der Waals surface area (Å²) in [7, 11) is 1.89. The maximum Gasteiger partial charge on any atom is 0.128 e. The van der Waals surface area contributed by atoms with Gasteiger partial charge in [-0.3, -0.25) is 4.68 Å². The molecule has 82 valence electrons. The maximum absolute atomic E-state index is 8.96. The predicted molar refractivity (Wildman–Crippen MR) is 62.1 cm³/mol. The zero-order valence-corrected chi connectivity index (χ0v) is 9.88. The van der Waals surface area contributed by atoms with Gasteiger partial charge in [0, 0.05) is 13.2 Å². The normalized spacial score (nSPS) is 10.1. The molecular formula is C10H11N5S. The monoisotopic (exact) mass is 233 g/mol. The van der Waals surface area contributed by atoms with Crippen molar-refractivity contribution in [3.05, 3.63) is 29.2 Å². The summed E-state index contributed by atoms with van der Waals surface area (Å²) in [6, 6.07) is 4.09. The van der Waals surface area contributed by atoms with Crippen LogP contribution in [-0.4, -0.2) is 14.2 Å². The van der Waals surface area contributed by atoms with Gasteiger partial charge >= 0.3 is 0 Å². The van der Waals surface area contributed by atoms with Crippen LogP contribution in [0.2, 0.25) is 0 Å². The lowest BCUT2D eigenvalue weighted by molar-refractivity contribution is 0.721. The summed E-state index contributed by atoms with van der Waals surface area (Å²) in [5.74, 6) is 0. The first-order valence-corrected chi connectivity index (χ1v) is 5.57. The van der Waals surface area contributed by atoms with Crippen molar-refractivity contribution in [2.75, 3.05) is 5.32 Å². The van der Waals surface area contributed by atoms with Gasteiger partial charge in [-0.2, -0.15) is 14.7 Å². The molecule has 0 aliphatic carbocycles. The van der Waals surface area contributed by atoms with E-state index in [0.717, 1.165) is 16.4 Å². The van der Waals surface area contributed by atoms with Crippen LogP contribution in [0.5, 0.6) is 0 Å². The van der Waals surface area contributed by atoms with Crippen molar-refractivity contribution in [2.45, 2.75) is 13.5 Å². The van der Waals surface area contributed by atoms with E-state index in [2.05, 4.69) is 20.9 Å². The Kier molecular flexibility index (Phi) is 2.88. The summed E-state index contributed by atoms with van der Waals surface area (Å²) in [4.78, 5) is 0. The summed E-state index contributed by atoms with van der Waals surface area (Å²) < 4.78 is 5.94. The molecule has 0 aliphatic rings. The minimum Gasteiger partial charge on any atom is -0.369 e. The highest BCUT2D eigenvalue weighted by Crippen LogP contribution is 2.23. The largest absolute Gasteiger partial charge is 0.369 e. The summed E-state index contributed by atoms with van der Waals surface area (Å²) in [5, 5.41) is 17.1. The second kappa shape index (κ2) is 4.33. The van der Waals surface area contributed by atoms with Crippen LogP contribution >= 0.6 is 11.5 Å². The fourth-order valence-corrected chi connectivity index (χ4v) is 2.11. The lowest BCUT2D eigenvalue weighted by Gasteiger charge is -2.03. The van der Waals surface area contributed by atoms with Gasteiger partial charge in [-0.1, -0.05) is 0 Å². The minimum absolute atomic E-state index is 0.632. The summed E-state index contributed by atoms with van der Waals surface area (Å²) in [5.41, 5.74) is 2.47. The van der Waals surface area contributed by atoms with Gasteiger partial charge in [-0.15, -0.1) is 0 Å². The molecule has 0 aromatic carbocycles. The molecule has 16 heavy (non-hydrogen) atoms. The van der Waals surface area contributed by atoms with Crippen LogP contribution in [0.4, 0.5) is 5.00 Å². The number of nitrogens with zero attached hydrogens (tertiary/aromatic N) is 4. The van der Waals surface area contributed by atoms with Crippen molar-refractivity contribution in [1.29, 1.82) is 5.26 Å². The number of nitriles is 1. The molecule has 6 heteroatoms. The standard InChI is InChI=1S/C10H11N5S/c1-7-9(5-11)10(16-14-7)12-6-8-3-4-13-15(8)2/h3-4,12H,6H2,1-2H3. The molecule has 0 amide bonds. The Morgan fingerprint density at radius 3 is 3.06 bits per heavy atom. The molecule has 0 spiro atoms. The number of aryl methyl sites for hydroxylation is 2. The van der Waals surface area contributed by atoms with Crippen LogP contribution in [0.25, 0.3) is 0 Å². The second-order valence-electron chi connectivity index (χ2n) is 3.38. The third-order valence-corrected chi connectivity index (χ3v) is 3.22. The Morgan fingerprint density at radius 1 is 1.62 bits per heavy atom. The van der Waals surface area contributed by atoms with Gasteiger partial charge in [0.1, 0.15) is 16.6 Å². The smallest absolute Gasteiger partial charge is 0.128 e. The molecule has 2 heterocycles. The third kappa shape index (κ3) is 1.90. The molecule has 0 radical (unpaired) electrons. The molecule has 2 aromatic rings. The molecule has 2 aromatic heterocycles. The van der Waals surface area contributed by atoms with Gasteiger partial charge < -0.3 is 5.32 Å². The van der Waals surface area contributed by atoms with Crippen molar-refractivity contribution in [2.24, 2.45) is 7.05 Å². The van der Waals surface area contributed by atoms with Crippen molar-refractivity contribution in [3.63, 3.8) is 0 Å². The Morgan fingerprint density at radius 2 is 2.44 bits per heavy atom. The number of hydrogen-bond donors (Lipinski definition) is 1. The molecule has 0 saturated carbocycles. The van der Waals surface area contributed by atoms with Crippen molar-refractivity contribution in [3.8, 4) is 6.07 Å². The average Bonchev–Trinajstić information content (AvgIpc) is 2.82. The molecule has 0 saturated heterocycles. The van der Waals surface area contributed by atoms with Crippen molar-refractivity contribution >= 4 is 16.5 Å². The quantitative estimate of drug-likeness (QED) is 0.875. The molecule has 0 bridgehead atoms. The van der Waals surface area contributed by atoms with Crippen molar-refractivity contribution < 1.29 is 0 Å². The highest BCUT2D eigenvalue weighted by Gasteiger charge is 2.09. The van der Waals surface area contributed by atoms with Crippen LogP contribution in [0.15, 0.2) is 12.3 Å². The third-order valence-electron chi connectivity index (χ3n) is 2.33.